The normalized spacial score (nSPS) is 20.0. The van der Waals surface area contributed by atoms with Crippen LogP contribution in [0.3, 0.4) is 0 Å². The van der Waals surface area contributed by atoms with Crippen molar-refractivity contribution in [2.75, 3.05) is 19.8 Å². The summed E-state index contributed by atoms with van der Waals surface area (Å²) in [5.41, 5.74) is 1.08. The van der Waals surface area contributed by atoms with Gasteiger partial charge < -0.3 is 14.8 Å². The first-order valence-corrected chi connectivity index (χ1v) is 9.48. The molecule has 1 saturated heterocycles. The number of hydrogen-bond acceptors (Lipinski definition) is 6. The van der Waals surface area contributed by atoms with Crippen LogP contribution in [0, 0.1) is 18.8 Å². The first-order chi connectivity index (χ1) is 12.0. The topological polar surface area (TPSA) is 81.7 Å². The molecule has 7 heteroatoms. The minimum atomic E-state index is -0.710. The molecule has 0 radical (unpaired) electrons. The summed E-state index contributed by atoms with van der Waals surface area (Å²) < 4.78 is 10.0. The van der Waals surface area contributed by atoms with Crippen molar-refractivity contribution in [3.05, 3.63) is 21.4 Å². The van der Waals surface area contributed by atoms with Crippen LogP contribution in [0.4, 0.5) is 0 Å². The number of rotatable bonds is 7. The number of thiophene rings is 1. The quantitative estimate of drug-likeness (QED) is 0.591. The zero-order chi connectivity index (χ0) is 18.4. The van der Waals surface area contributed by atoms with Gasteiger partial charge >= 0.3 is 11.9 Å². The van der Waals surface area contributed by atoms with Crippen molar-refractivity contribution in [2.24, 2.45) is 11.8 Å². The van der Waals surface area contributed by atoms with Crippen molar-refractivity contribution in [3.63, 3.8) is 0 Å². The number of esters is 2. The van der Waals surface area contributed by atoms with Gasteiger partial charge in [-0.25, -0.2) is 4.79 Å². The van der Waals surface area contributed by atoms with Crippen LogP contribution in [0.15, 0.2) is 6.07 Å². The highest BCUT2D eigenvalue weighted by molar-refractivity contribution is 7.14. The summed E-state index contributed by atoms with van der Waals surface area (Å²) in [4.78, 5) is 37.3. The average Bonchev–Trinajstić information content (AvgIpc) is 2.95. The lowest BCUT2D eigenvalue weighted by Gasteiger charge is -2.27. The van der Waals surface area contributed by atoms with E-state index >= 15 is 0 Å². The van der Waals surface area contributed by atoms with Crippen molar-refractivity contribution in [2.45, 2.75) is 40.0 Å². The Balaban J connectivity index is 1.94. The highest BCUT2D eigenvalue weighted by Gasteiger charge is 2.34. The van der Waals surface area contributed by atoms with Gasteiger partial charge in [0.1, 0.15) is 10.8 Å². The fourth-order valence-electron chi connectivity index (χ4n) is 2.96. The third kappa shape index (κ3) is 5.04. The number of hydrogen-bond donors (Lipinski definition) is 1. The van der Waals surface area contributed by atoms with Crippen LogP contribution < -0.4 is 5.32 Å². The van der Waals surface area contributed by atoms with Gasteiger partial charge in [-0.1, -0.05) is 0 Å². The van der Waals surface area contributed by atoms with E-state index in [1.54, 1.807) is 13.8 Å². The molecule has 1 amide bonds. The van der Waals surface area contributed by atoms with E-state index in [-0.39, 0.29) is 24.4 Å². The van der Waals surface area contributed by atoms with Gasteiger partial charge in [0.25, 0.3) is 0 Å². The smallest absolute Gasteiger partial charge is 0.348 e. The molecule has 1 aliphatic heterocycles. The number of aryl methyl sites for hydroxylation is 2. The molecule has 0 saturated carbocycles. The third-order valence-corrected chi connectivity index (χ3v) is 5.58. The van der Waals surface area contributed by atoms with Gasteiger partial charge in [-0.2, -0.15) is 0 Å². The molecule has 1 aromatic heterocycles. The summed E-state index contributed by atoms with van der Waals surface area (Å²) in [7, 11) is 0. The number of ether oxygens (including phenoxy) is 2. The maximum Gasteiger partial charge on any atom is 0.348 e. The lowest BCUT2D eigenvalue weighted by molar-refractivity contribution is -0.154. The summed E-state index contributed by atoms with van der Waals surface area (Å²) in [6, 6.07) is 1.86. The fraction of sp³-hybridized carbons (Fsp3) is 0.611. The lowest BCUT2D eigenvalue weighted by Crippen LogP contribution is -2.45. The predicted octanol–water partition coefficient (Wildman–Crippen LogP) is 2.48. The minimum absolute atomic E-state index is 0.222. The summed E-state index contributed by atoms with van der Waals surface area (Å²) in [5, 5.41) is 2.80. The zero-order valence-electron chi connectivity index (χ0n) is 14.9. The summed E-state index contributed by atoms with van der Waals surface area (Å²) in [6.07, 6.45) is 2.17. The molecular weight excluding hydrogens is 342 g/mol. The molecule has 2 atom stereocenters. The monoisotopic (exact) mass is 367 g/mol. The van der Waals surface area contributed by atoms with Gasteiger partial charge in [0, 0.05) is 11.4 Å². The van der Waals surface area contributed by atoms with E-state index in [0.29, 0.717) is 24.4 Å². The van der Waals surface area contributed by atoms with Crippen LogP contribution in [-0.4, -0.2) is 37.6 Å². The summed E-state index contributed by atoms with van der Waals surface area (Å²) in [5.74, 6) is -1.46. The minimum Gasteiger partial charge on any atom is -0.465 e. The molecule has 6 nitrogen and oxygen atoms in total. The second kappa shape index (κ2) is 8.99. The van der Waals surface area contributed by atoms with Gasteiger partial charge in [-0.05, 0) is 57.6 Å². The maximum atomic E-state index is 11.9. The standard InChI is InChI=1S/C18H25NO5S/c1-4-23-17(21)13-9-12(10-19-16(13)20)6-7-14-11(3)8-15(25-14)18(22)24-5-2/h8,12-13H,4-7,9-10H2,1-3H3,(H,19,20). The van der Waals surface area contributed by atoms with Crippen LogP contribution >= 0.6 is 11.3 Å². The molecule has 0 bridgehead atoms. The number of nitrogens with one attached hydrogen (secondary N) is 1. The highest BCUT2D eigenvalue weighted by atomic mass is 32.1. The SMILES string of the molecule is CCOC(=O)c1cc(C)c(CCC2CNC(=O)C(C(=O)OCC)C2)s1. The number of piperidine rings is 1. The van der Waals surface area contributed by atoms with Gasteiger partial charge in [-0.3, -0.25) is 9.59 Å². The number of amides is 1. The van der Waals surface area contributed by atoms with E-state index in [9.17, 15) is 14.4 Å². The molecule has 1 fully saturated rings. The van der Waals surface area contributed by atoms with Crippen LogP contribution in [-0.2, 0) is 25.5 Å². The molecule has 1 aromatic rings. The van der Waals surface area contributed by atoms with E-state index in [2.05, 4.69) is 5.32 Å². The third-order valence-electron chi connectivity index (χ3n) is 4.30. The van der Waals surface area contributed by atoms with Crippen molar-refractivity contribution in [1.29, 1.82) is 0 Å². The van der Waals surface area contributed by atoms with E-state index in [1.807, 2.05) is 13.0 Å². The number of carbonyl (C=O) groups is 3. The zero-order valence-corrected chi connectivity index (χ0v) is 15.7. The maximum absolute atomic E-state index is 11.9. The Labute approximate surface area is 151 Å². The van der Waals surface area contributed by atoms with Gasteiger partial charge in [0.05, 0.1) is 13.2 Å². The average molecular weight is 367 g/mol. The van der Waals surface area contributed by atoms with E-state index in [4.69, 9.17) is 9.47 Å². The molecule has 2 unspecified atom stereocenters. The molecular formula is C18H25NO5S. The van der Waals surface area contributed by atoms with Crippen LogP contribution in [0.2, 0.25) is 0 Å². The Hall–Kier alpha value is -1.89. The van der Waals surface area contributed by atoms with Crippen molar-refractivity contribution < 1.29 is 23.9 Å². The Bertz CT molecular complexity index is 639. The second-order valence-electron chi connectivity index (χ2n) is 6.13. The highest BCUT2D eigenvalue weighted by Crippen LogP contribution is 2.28. The number of carbonyl (C=O) groups excluding carboxylic acids is 3. The molecule has 0 aliphatic carbocycles. The fourth-order valence-corrected chi connectivity index (χ4v) is 4.05. The molecule has 1 aliphatic rings. The first kappa shape index (κ1) is 19.4. The van der Waals surface area contributed by atoms with Crippen LogP contribution in [0.5, 0.6) is 0 Å². The van der Waals surface area contributed by atoms with Crippen molar-refractivity contribution >= 4 is 29.2 Å². The van der Waals surface area contributed by atoms with Crippen molar-refractivity contribution in [3.8, 4) is 0 Å². The molecule has 138 valence electrons. The molecule has 2 heterocycles. The van der Waals surface area contributed by atoms with E-state index in [1.165, 1.54) is 11.3 Å². The first-order valence-electron chi connectivity index (χ1n) is 8.67. The van der Waals surface area contributed by atoms with Gasteiger partial charge in [-0.15, -0.1) is 11.3 Å². The summed E-state index contributed by atoms with van der Waals surface area (Å²) >= 11 is 1.46. The molecule has 0 spiro atoms. The predicted molar refractivity (Wildman–Crippen MR) is 94.6 cm³/mol. The Kier molecular flexibility index (Phi) is 6.99. The molecule has 25 heavy (non-hydrogen) atoms. The van der Waals surface area contributed by atoms with Crippen LogP contribution in [0.25, 0.3) is 0 Å². The molecule has 2 rings (SSSR count). The van der Waals surface area contributed by atoms with Crippen molar-refractivity contribution in [1.82, 2.24) is 5.32 Å². The largest absolute Gasteiger partial charge is 0.465 e. The van der Waals surface area contributed by atoms with Crippen LogP contribution in [0.1, 0.15) is 46.8 Å². The van der Waals surface area contributed by atoms with Gasteiger partial charge in [0.15, 0.2) is 0 Å². The van der Waals surface area contributed by atoms with E-state index in [0.717, 1.165) is 23.3 Å². The van der Waals surface area contributed by atoms with E-state index < -0.39 is 11.9 Å². The van der Waals surface area contributed by atoms with Gasteiger partial charge in [0.2, 0.25) is 5.91 Å². The Morgan fingerprint density at radius 3 is 2.68 bits per heavy atom. The summed E-state index contributed by atoms with van der Waals surface area (Å²) in [6.45, 7) is 6.72. The Morgan fingerprint density at radius 1 is 1.28 bits per heavy atom. The molecule has 1 N–H and O–H groups in total. The Morgan fingerprint density at radius 2 is 2.00 bits per heavy atom. The molecule has 0 aromatic carbocycles. The second-order valence-corrected chi connectivity index (χ2v) is 7.26. The lowest BCUT2D eigenvalue weighted by atomic mass is 9.86.